The first-order valence-corrected chi connectivity index (χ1v) is 8.58. The first kappa shape index (κ1) is 17.7. The Morgan fingerprint density at radius 3 is 2.20 bits per heavy atom. The molecule has 0 aliphatic rings. The molecule has 0 amide bonds. The van der Waals surface area contributed by atoms with E-state index in [9.17, 15) is 0 Å². The topological polar surface area (TPSA) is 29.3 Å². The molecule has 1 aromatic carbocycles. The molecule has 0 heterocycles. The molecule has 2 N–H and O–H groups in total. The van der Waals surface area contributed by atoms with Crippen molar-refractivity contribution in [1.82, 2.24) is 4.90 Å². The average Bonchev–Trinajstić information content (AvgIpc) is 2.44. The van der Waals surface area contributed by atoms with Crippen molar-refractivity contribution in [3.63, 3.8) is 0 Å². The van der Waals surface area contributed by atoms with Crippen LogP contribution in [0.1, 0.15) is 46.1 Å². The molecule has 0 aliphatic carbocycles. The molecular formula is C17H29BrN2. The standard InChI is InChI=1S/C17H29BrN2/c1-5-17(6-2,20(7-3)8-4)16(19)13-14-10-9-11-15(18)12-14/h9-12,16H,5-8,13,19H2,1-4H3. The zero-order valence-corrected chi connectivity index (χ0v) is 14.9. The highest BCUT2D eigenvalue weighted by atomic mass is 79.9. The van der Waals surface area contributed by atoms with Crippen LogP contribution < -0.4 is 5.73 Å². The van der Waals surface area contributed by atoms with Crippen LogP contribution in [-0.2, 0) is 6.42 Å². The summed E-state index contributed by atoms with van der Waals surface area (Å²) >= 11 is 3.54. The summed E-state index contributed by atoms with van der Waals surface area (Å²) in [4.78, 5) is 2.54. The second-order valence-corrected chi connectivity index (χ2v) is 6.34. The molecule has 0 aliphatic heterocycles. The summed E-state index contributed by atoms with van der Waals surface area (Å²) < 4.78 is 1.13. The quantitative estimate of drug-likeness (QED) is 0.767. The highest BCUT2D eigenvalue weighted by Gasteiger charge is 2.37. The maximum absolute atomic E-state index is 6.65. The van der Waals surface area contributed by atoms with E-state index in [0.717, 1.165) is 36.8 Å². The summed E-state index contributed by atoms with van der Waals surface area (Å²) in [7, 11) is 0. The zero-order valence-electron chi connectivity index (χ0n) is 13.3. The minimum absolute atomic E-state index is 0.103. The van der Waals surface area contributed by atoms with Crippen molar-refractivity contribution in [1.29, 1.82) is 0 Å². The van der Waals surface area contributed by atoms with Crippen LogP contribution >= 0.6 is 15.9 Å². The smallest absolute Gasteiger partial charge is 0.0358 e. The van der Waals surface area contributed by atoms with E-state index in [0.29, 0.717) is 0 Å². The van der Waals surface area contributed by atoms with Crippen molar-refractivity contribution in [2.75, 3.05) is 13.1 Å². The Morgan fingerprint density at radius 1 is 1.15 bits per heavy atom. The molecule has 1 atom stereocenters. The number of hydrogen-bond acceptors (Lipinski definition) is 2. The van der Waals surface area contributed by atoms with E-state index in [1.54, 1.807) is 0 Å². The molecule has 0 spiro atoms. The Bertz CT molecular complexity index is 398. The summed E-state index contributed by atoms with van der Waals surface area (Å²) in [6.45, 7) is 11.1. The lowest BCUT2D eigenvalue weighted by Gasteiger charge is -2.46. The van der Waals surface area contributed by atoms with Crippen molar-refractivity contribution in [2.24, 2.45) is 5.73 Å². The second kappa shape index (κ2) is 8.16. The summed E-state index contributed by atoms with van der Waals surface area (Å²) in [5, 5.41) is 0. The van der Waals surface area contributed by atoms with Gasteiger partial charge >= 0.3 is 0 Å². The number of nitrogens with zero attached hydrogens (tertiary/aromatic N) is 1. The number of likely N-dealkylation sites (N-methyl/N-ethyl adjacent to an activating group) is 1. The molecule has 1 unspecified atom stereocenters. The van der Waals surface area contributed by atoms with Gasteiger partial charge in [0.2, 0.25) is 0 Å². The average molecular weight is 341 g/mol. The van der Waals surface area contributed by atoms with Gasteiger partial charge in [-0.2, -0.15) is 0 Å². The Kier molecular flexibility index (Phi) is 7.21. The molecule has 3 heteroatoms. The molecule has 2 nitrogen and oxygen atoms in total. The highest BCUT2D eigenvalue weighted by molar-refractivity contribution is 9.10. The lowest BCUT2D eigenvalue weighted by Crippen LogP contribution is -2.60. The van der Waals surface area contributed by atoms with Crippen molar-refractivity contribution >= 4 is 15.9 Å². The van der Waals surface area contributed by atoms with Gasteiger partial charge in [0.25, 0.3) is 0 Å². The van der Waals surface area contributed by atoms with Crippen LogP contribution in [-0.4, -0.2) is 29.6 Å². The van der Waals surface area contributed by atoms with Crippen molar-refractivity contribution < 1.29 is 0 Å². The number of hydrogen-bond donors (Lipinski definition) is 1. The number of rotatable bonds is 8. The van der Waals surface area contributed by atoms with Gasteiger partial charge in [-0.1, -0.05) is 55.8 Å². The van der Waals surface area contributed by atoms with Crippen LogP contribution in [0.3, 0.4) is 0 Å². The maximum Gasteiger partial charge on any atom is 0.0358 e. The monoisotopic (exact) mass is 340 g/mol. The van der Waals surface area contributed by atoms with Crippen LogP contribution in [0.15, 0.2) is 28.7 Å². The van der Waals surface area contributed by atoms with Gasteiger partial charge < -0.3 is 5.73 Å². The Balaban J connectivity index is 2.96. The molecule has 20 heavy (non-hydrogen) atoms. The first-order valence-electron chi connectivity index (χ1n) is 7.79. The molecule has 0 aromatic heterocycles. The Labute approximate surface area is 132 Å². The first-order chi connectivity index (χ1) is 9.53. The van der Waals surface area contributed by atoms with Gasteiger partial charge in [-0.05, 0) is 50.0 Å². The molecule has 0 saturated carbocycles. The fourth-order valence-electron chi connectivity index (χ4n) is 3.42. The lowest BCUT2D eigenvalue weighted by atomic mass is 9.80. The van der Waals surface area contributed by atoms with Gasteiger partial charge in [0.15, 0.2) is 0 Å². The summed E-state index contributed by atoms with van der Waals surface area (Å²) in [6, 6.07) is 8.66. The van der Waals surface area contributed by atoms with Gasteiger partial charge in [-0.25, -0.2) is 0 Å². The van der Waals surface area contributed by atoms with E-state index in [-0.39, 0.29) is 11.6 Å². The van der Waals surface area contributed by atoms with Crippen LogP contribution in [0.4, 0.5) is 0 Å². The molecule has 0 saturated heterocycles. The normalized spacial score (nSPS) is 13.8. The van der Waals surface area contributed by atoms with Gasteiger partial charge in [0, 0.05) is 16.1 Å². The molecule has 0 radical (unpaired) electrons. The van der Waals surface area contributed by atoms with Crippen LogP contribution in [0.5, 0.6) is 0 Å². The maximum atomic E-state index is 6.65. The minimum atomic E-state index is 0.103. The summed E-state index contributed by atoms with van der Waals surface area (Å²) in [6.07, 6.45) is 3.12. The SMILES string of the molecule is CCN(CC)C(CC)(CC)C(N)Cc1cccc(Br)c1. The number of nitrogens with two attached hydrogens (primary N) is 1. The Morgan fingerprint density at radius 2 is 1.75 bits per heavy atom. The molecule has 0 bridgehead atoms. The Hall–Kier alpha value is -0.380. The molecule has 1 rings (SSSR count). The largest absolute Gasteiger partial charge is 0.326 e. The van der Waals surface area contributed by atoms with Crippen molar-refractivity contribution in [2.45, 2.75) is 58.5 Å². The lowest BCUT2D eigenvalue weighted by molar-refractivity contribution is 0.0628. The predicted molar refractivity (Wildman–Crippen MR) is 92.1 cm³/mol. The molecule has 1 aromatic rings. The van der Waals surface area contributed by atoms with Gasteiger partial charge in [-0.15, -0.1) is 0 Å². The van der Waals surface area contributed by atoms with E-state index in [1.165, 1.54) is 5.56 Å². The van der Waals surface area contributed by atoms with Crippen LogP contribution in [0, 0.1) is 0 Å². The van der Waals surface area contributed by atoms with E-state index in [4.69, 9.17) is 5.73 Å². The van der Waals surface area contributed by atoms with Gasteiger partial charge in [0.1, 0.15) is 0 Å². The molecule has 114 valence electrons. The van der Waals surface area contributed by atoms with E-state index < -0.39 is 0 Å². The third-order valence-electron chi connectivity index (χ3n) is 4.65. The third-order valence-corrected chi connectivity index (χ3v) is 5.15. The third kappa shape index (κ3) is 3.84. The van der Waals surface area contributed by atoms with Crippen LogP contribution in [0.2, 0.25) is 0 Å². The molecular weight excluding hydrogens is 312 g/mol. The summed E-state index contributed by atoms with van der Waals surface area (Å²) in [5.41, 5.74) is 8.06. The number of halogens is 1. The number of benzene rings is 1. The van der Waals surface area contributed by atoms with Gasteiger partial charge in [0.05, 0.1) is 0 Å². The molecule has 0 fully saturated rings. The zero-order chi connectivity index (χ0) is 15.2. The van der Waals surface area contributed by atoms with E-state index in [2.05, 4.69) is 72.8 Å². The highest BCUT2D eigenvalue weighted by Crippen LogP contribution is 2.29. The predicted octanol–water partition coefficient (Wildman–Crippen LogP) is 4.22. The van der Waals surface area contributed by atoms with Crippen molar-refractivity contribution in [3.05, 3.63) is 34.3 Å². The van der Waals surface area contributed by atoms with E-state index >= 15 is 0 Å². The van der Waals surface area contributed by atoms with E-state index in [1.807, 2.05) is 0 Å². The fourth-order valence-corrected chi connectivity index (χ4v) is 3.86. The van der Waals surface area contributed by atoms with Crippen molar-refractivity contribution in [3.8, 4) is 0 Å². The van der Waals surface area contributed by atoms with Gasteiger partial charge in [-0.3, -0.25) is 4.90 Å². The minimum Gasteiger partial charge on any atom is -0.326 e. The fraction of sp³-hybridized carbons (Fsp3) is 0.647. The summed E-state index contributed by atoms with van der Waals surface area (Å²) in [5.74, 6) is 0. The second-order valence-electron chi connectivity index (χ2n) is 5.42. The van der Waals surface area contributed by atoms with Crippen LogP contribution in [0.25, 0.3) is 0 Å².